The Bertz CT molecular complexity index is 1160. The molecule has 1 aromatic heterocycles. The lowest BCUT2D eigenvalue weighted by Crippen LogP contribution is -2.44. The van der Waals surface area contributed by atoms with Gasteiger partial charge in [0.05, 0.1) is 23.8 Å². The molecule has 7 heteroatoms. The van der Waals surface area contributed by atoms with Gasteiger partial charge >= 0.3 is 0 Å². The van der Waals surface area contributed by atoms with Crippen molar-refractivity contribution in [3.05, 3.63) is 54.4 Å². The number of carbonyl (C=O) groups excluding carboxylic acids is 2. The van der Waals surface area contributed by atoms with Gasteiger partial charge in [-0.05, 0) is 52.0 Å². The van der Waals surface area contributed by atoms with E-state index in [0.717, 1.165) is 22.5 Å². The quantitative estimate of drug-likeness (QED) is 0.543. The van der Waals surface area contributed by atoms with Gasteiger partial charge in [-0.3, -0.25) is 9.59 Å². The molecular formula is C26H32N4O3. The van der Waals surface area contributed by atoms with Crippen molar-refractivity contribution in [2.75, 3.05) is 18.6 Å². The van der Waals surface area contributed by atoms with Gasteiger partial charge in [0.15, 0.2) is 0 Å². The Kier molecular flexibility index (Phi) is 6.40. The van der Waals surface area contributed by atoms with Crippen LogP contribution in [0.3, 0.4) is 0 Å². The molecule has 33 heavy (non-hydrogen) atoms. The van der Waals surface area contributed by atoms with Gasteiger partial charge in [-0.15, -0.1) is 0 Å². The van der Waals surface area contributed by atoms with Crippen LogP contribution in [0, 0.1) is 0 Å². The molecular weight excluding hydrogens is 416 g/mol. The Balaban J connectivity index is 1.70. The first-order chi connectivity index (χ1) is 15.8. The molecule has 4 rings (SSSR count). The van der Waals surface area contributed by atoms with Crippen molar-refractivity contribution < 1.29 is 14.3 Å². The van der Waals surface area contributed by atoms with Crippen LogP contribution in [-0.2, 0) is 16.1 Å². The standard InChI is InChI=1S/C26H32N4O3/c1-17(2)30(18(3)4)25(32)16-29-21-11-7-6-10-20(21)27-26(29)19-14-24(31)28(15-19)22-12-8-9-13-23(22)33-5/h6-13,17-19H,14-16H2,1-5H3/t19-/m0/s1. The van der Waals surface area contributed by atoms with Crippen molar-refractivity contribution in [1.82, 2.24) is 14.5 Å². The predicted octanol–water partition coefficient (Wildman–Crippen LogP) is 4.21. The number of benzene rings is 2. The summed E-state index contributed by atoms with van der Waals surface area (Å²) >= 11 is 0. The Labute approximate surface area is 195 Å². The number of nitrogens with zero attached hydrogens (tertiary/aromatic N) is 4. The van der Waals surface area contributed by atoms with E-state index in [0.29, 0.717) is 18.7 Å². The minimum Gasteiger partial charge on any atom is -0.495 e. The summed E-state index contributed by atoms with van der Waals surface area (Å²) in [4.78, 5) is 34.9. The van der Waals surface area contributed by atoms with Crippen molar-refractivity contribution in [2.45, 2.75) is 58.7 Å². The number of hydrogen-bond acceptors (Lipinski definition) is 4. The maximum atomic E-state index is 13.3. The molecule has 1 fully saturated rings. The number of fused-ring (bicyclic) bond motifs is 1. The predicted molar refractivity (Wildman–Crippen MR) is 130 cm³/mol. The molecule has 1 atom stereocenters. The van der Waals surface area contributed by atoms with Gasteiger partial charge in [0.2, 0.25) is 11.8 Å². The molecule has 0 bridgehead atoms. The number of rotatable bonds is 7. The summed E-state index contributed by atoms with van der Waals surface area (Å²) in [5.74, 6) is 1.41. The molecule has 2 aromatic carbocycles. The van der Waals surface area contributed by atoms with Crippen LogP contribution >= 0.6 is 0 Å². The smallest absolute Gasteiger partial charge is 0.243 e. The van der Waals surface area contributed by atoms with Crippen molar-refractivity contribution in [2.24, 2.45) is 0 Å². The molecule has 0 N–H and O–H groups in total. The molecule has 1 aliphatic heterocycles. The third kappa shape index (κ3) is 4.32. The van der Waals surface area contributed by atoms with Crippen LogP contribution in [0.2, 0.25) is 0 Å². The summed E-state index contributed by atoms with van der Waals surface area (Å²) < 4.78 is 7.48. The number of para-hydroxylation sites is 4. The molecule has 0 radical (unpaired) electrons. The van der Waals surface area contributed by atoms with E-state index >= 15 is 0 Å². The third-order valence-electron chi connectivity index (χ3n) is 6.24. The zero-order chi connectivity index (χ0) is 23.7. The van der Waals surface area contributed by atoms with Crippen molar-refractivity contribution in [3.8, 4) is 5.75 Å². The molecule has 0 spiro atoms. The largest absolute Gasteiger partial charge is 0.495 e. The van der Waals surface area contributed by atoms with Gasteiger partial charge < -0.3 is 19.1 Å². The topological polar surface area (TPSA) is 67.7 Å². The first-order valence-electron chi connectivity index (χ1n) is 11.5. The van der Waals surface area contributed by atoms with Crippen LogP contribution in [0.15, 0.2) is 48.5 Å². The maximum Gasteiger partial charge on any atom is 0.243 e. The number of ether oxygens (including phenoxy) is 1. The molecule has 1 aliphatic rings. The summed E-state index contributed by atoms with van der Waals surface area (Å²) in [6.07, 6.45) is 0.341. The molecule has 7 nitrogen and oxygen atoms in total. The summed E-state index contributed by atoms with van der Waals surface area (Å²) in [5.41, 5.74) is 2.51. The second kappa shape index (κ2) is 9.25. The summed E-state index contributed by atoms with van der Waals surface area (Å²) in [6, 6.07) is 15.6. The highest BCUT2D eigenvalue weighted by molar-refractivity contribution is 5.98. The van der Waals surface area contributed by atoms with Crippen molar-refractivity contribution in [1.29, 1.82) is 0 Å². The van der Waals surface area contributed by atoms with E-state index in [2.05, 4.69) is 0 Å². The van der Waals surface area contributed by atoms with E-state index in [1.165, 1.54) is 0 Å². The number of aromatic nitrogens is 2. The summed E-state index contributed by atoms with van der Waals surface area (Å²) in [5, 5.41) is 0. The highest BCUT2D eigenvalue weighted by Crippen LogP contribution is 2.37. The molecule has 0 unspecified atom stereocenters. The molecule has 0 saturated carbocycles. The van der Waals surface area contributed by atoms with E-state index in [1.807, 2.05) is 85.7 Å². The number of hydrogen-bond donors (Lipinski definition) is 0. The zero-order valence-corrected chi connectivity index (χ0v) is 20.0. The fraction of sp³-hybridized carbons (Fsp3) is 0.423. The van der Waals surface area contributed by atoms with Gasteiger partial charge in [-0.25, -0.2) is 4.98 Å². The zero-order valence-electron chi connectivity index (χ0n) is 20.0. The van der Waals surface area contributed by atoms with Crippen LogP contribution in [0.4, 0.5) is 5.69 Å². The van der Waals surface area contributed by atoms with Gasteiger partial charge in [-0.1, -0.05) is 24.3 Å². The lowest BCUT2D eigenvalue weighted by atomic mass is 10.1. The highest BCUT2D eigenvalue weighted by Gasteiger charge is 2.36. The first kappa shape index (κ1) is 22.8. The second-order valence-corrected chi connectivity index (χ2v) is 9.11. The number of anilines is 1. The van der Waals surface area contributed by atoms with E-state index in [9.17, 15) is 9.59 Å². The number of amides is 2. The second-order valence-electron chi connectivity index (χ2n) is 9.11. The van der Waals surface area contributed by atoms with Crippen molar-refractivity contribution in [3.63, 3.8) is 0 Å². The third-order valence-corrected chi connectivity index (χ3v) is 6.24. The minimum absolute atomic E-state index is 0.0282. The fourth-order valence-corrected chi connectivity index (χ4v) is 4.93. The van der Waals surface area contributed by atoms with Gasteiger partial charge in [0, 0.05) is 31.0 Å². The molecule has 0 aliphatic carbocycles. The van der Waals surface area contributed by atoms with Crippen LogP contribution in [0.25, 0.3) is 11.0 Å². The van der Waals surface area contributed by atoms with E-state index in [1.54, 1.807) is 12.0 Å². The van der Waals surface area contributed by atoms with Crippen LogP contribution in [0.5, 0.6) is 5.75 Å². The van der Waals surface area contributed by atoms with Crippen molar-refractivity contribution >= 4 is 28.5 Å². The molecule has 1 saturated heterocycles. The number of carbonyl (C=O) groups is 2. The van der Waals surface area contributed by atoms with Crippen LogP contribution < -0.4 is 9.64 Å². The number of methoxy groups -OCH3 is 1. The lowest BCUT2D eigenvalue weighted by Gasteiger charge is -2.31. The highest BCUT2D eigenvalue weighted by atomic mass is 16.5. The monoisotopic (exact) mass is 448 g/mol. The molecule has 174 valence electrons. The van der Waals surface area contributed by atoms with Gasteiger partial charge in [0.1, 0.15) is 18.1 Å². The molecule has 2 heterocycles. The van der Waals surface area contributed by atoms with Gasteiger partial charge in [0.25, 0.3) is 0 Å². The average molecular weight is 449 g/mol. The fourth-order valence-electron chi connectivity index (χ4n) is 4.93. The van der Waals surface area contributed by atoms with Crippen LogP contribution in [0.1, 0.15) is 45.9 Å². The molecule has 3 aromatic rings. The normalized spacial score (nSPS) is 16.3. The Morgan fingerprint density at radius 2 is 1.76 bits per heavy atom. The Morgan fingerprint density at radius 1 is 1.09 bits per heavy atom. The summed E-state index contributed by atoms with van der Waals surface area (Å²) in [6.45, 7) is 8.83. The lowest BCUT2D eigenvalue weighted by molar-refractivity contribution is -0.135. The Morgan fingerprint density at radius 3 is 2.45 bits per heavy atom. The summed E-state index contributed by atoms with van der Waals surface area (Å²) in [7, 11) is 1.61. The SMILES string of the molecule is COc1ccccc1N1C[C@@H](c2nc3ccccc3n2CC(=O)N(C(C)C)C(C)C)CC1=O. The van der Waals surface area contributed by atoms with Crippen LogP contribution in [-0.4, -0.2) is 52.0 Å². The average Bonchev–Trinajstić information content (AvgIpc) is 3.33. The van der Waals surface area contributed by atoms with Gasteiger partial charge in [-0.2, -0.15) is 0 Å². The maximum absolute atomic E-state index is 13.3. The number of imidazole rings is 1. The Hall–Kier alpha value is -3.35. The van der Waals surface area contributed by atoms with E-state index in [4.69, 9.17) is 9.72 Å². The first-order valence-corrected chi connectivity index (χ1v) is 11.5. The minimum atomic E-state index is -0.117. The van der Waals surface area contributed by atoms with E-state index in [-0.39, 0.29) is 36.4 Å². The molecule has 2 amide bonds. The van der Waals surface area contributed by atoms with E-state index < -0.39 is 0 Å².